The second-order valence-electron chi connectivity index (χ2n) is 13.3. The van der Waals surface area contributed by atoms with E-state index in [1.807, 2.05) is 37.3 Å². The van der Waals surface area contributed by atoms with Gasteiger partial charge in [0.1, 0.15) is 23.9 Å². The first-order valence-electron chi connectivity index (χ1n) is 16.9. The Kier molecular flexibility index (Phi) is 16.4. The molecular weight excluding hydrogens is 671 g/mol. The first-order valence-corrected chi connectivity index (χ1v) is 16.9. The van der Waals surface area contributed by atoms with Crippen LogP contribution >= 0.6 is 0 Å². The van der Waals surface area contributed by atoms with Crippen LogP contribution < -0.4 is 31.7 Å². The smallest absolute Gasteiger partial charge is 0.480 e. The molecule has 2 aromatic carbocycles. The Bertz CT molecular complexity index is 1460. The number of carboxylic acids is 1. The quantitative estimate of drug-likeness (QED) is 0.127. The van der Waals surface area contributed by atoms with Gasteiger partial charge in [-0.2, -0.15) is 0 Å². The number of halogens is 3. The van der Waals surface area contributed by atoms with Crippen LogP contribution in [0, 0.1) is 17.8 Å². The van der Waals surface area contributed by atoms with Crippen molar-refractivity contribution in [1.82, 2.24) is 21.3 Å². The van der Waals surface area contributed by atoms with Gasteiger partial charge in [-0.3, -0.25) is 19.2 Å². The largest absolute Gasteiger partial charge is 0.573 e. The summed E-state index contributed by atoms with van der Waals surface area (Å²) in [5.41, 5.74) is 7.75. The third-order valence-corrected chi connectivity index (χ3v) is 8.39. The number of ether oxygens (including phenoxy) is 1. The molecule has 0 spiro atoms. The maximum atomic E-state index is 13.6. The molecule has 0 unspecified atom stereocenters. The molecular formula is C36H50F3N5O7. The number of aliphatic carboxylic acids is 1. The number of nitrogens with two attached hydrogens (primary N) is 1. The molecule has 0 aliphatic heterocycles. The molecule has 0 heterocycles. The minimum Gasteiger partial charge on any atom is -0.480 e. The Morgan fingerprint density at radius 3 is 1.80 bits per heavy atom. The van der Waals surface area contributed by atoms with Gasteiger partial charge in [0.05, 0.1) is 6.42 Å². The molecule has 0 aliphatic rings. The van der Waals surface area contributed by atoms with E-state index in [1.165, 1.54) is 12.1 Å². The van der Waals surface area contributed by atoms with Gasteiger partial charge in [-0.05, 0) is 47.4 Å². The summed E-state index contributed by atoms with van der Waals surface area (Å²) in [5.74, 6) is -5.08. The predicted molar refractivity (Wildman–Crippen MR) is 184 cm³/mol. The SMILES string of the molecule is CC[C@H](C)[C@H](NC(=O)C[C@H](N)[C@H](Cc1ccccc1)NC(=O)[C@@H](NC(=O)Cc1ccc(OC(F)(F)F)cc1)C(C)C)C(=O)N[C@H](C(=O)O)C(C)C. The zero-order valence-corrected chi connectivity index (χ0v) is 29.8. The summed E-state index contributed by atoms with van der Waals surface area (Å²) in [5, 5.41) is 20.3. The molecule has 0 bridgehead atoms. The monoisotopic (exact) mass is 721 g/mol. The van der Waals surface area contributed by atoms with Gasteiger partial charge in [0, 0.05) is 18.5 Å². The molecule has 15 heteroatoms. The summed E-state index contributed by atoms with van der Waals surface area (Å²) in [6.45, 7) is 10.3. The van der Waals surface area contributed by atoms with Gasteiger partial charge in [0.15, 0.2) is 0 Å². The maximum Gasteiger partial charge on any atom is 0.573 e. The van der Waals surface area contributed by atoms with Crippen molar-refractivity contribution in [3.63, 3.8) is 0 Å². The first kappa shape index (κ1) is 42.5. The molecule has 6 atom stereocenters. The fourth-order valence-electron chi connectivity index (χ4n) is 5.25. The second kappa shape index (κ2) is 19.7. The van der Waals surface area contributed by atoms with Crippen LogP contribution in [0.5, 0.6) is 5.75 Å². The van der Waals surface area contributed by atoms with Crippen LogP contribution in [0.25, 0.3) is 0 Å². The molecule has 51 heavy (non-hydrogen) atoms. The lowest BCUT2D eigenvalue weighted by atomic mass is 9.94. The van der Waals surface area contributed by atoms with Crippen LogP contribution in [-0.4, -0.2) is 71.3 Å². The van der Waals surface area contributed by atoms with Gasteiger partial charge < -0.3 is 36.8 Å². The van der Waals surface area contributed by atoms with Gasteiger partial charge in [0.25, 0.3) is 0 Å². The number of carbonyl (C=O) groups is 5. The average molecular weight is 722 g/mol. The second-order valence-corrected chi connectivity index (χ2v) is 13.3. The predicted octanol–water partition coefficient (Wildman–Crippen LogP) is 3.47. The molecule has 0 aliphatic carbocycles. The van der Waals surface area contributed by atoms with Crippen molar-refractivity contribution in [3.05, 3.63) is 65.7 Å². The topological polar surface area (TPSA) is 189 Å². The van der Waals surface area contributed by atoms with Gasteiger partial charge in [0.2, 0.25) is 23.6 Å². The number of rotatable bonds is 19. The van der Waals surface area contributed by atoms with Crippen molar-refractivity contribution in [2.24, 2.45) is 23.5 Å². The Morgan fingerprint density at radius 2 is 1.29 bits per heavy atom. The standard InChI is InChI=1S/C36H50F3N5O7/c1-7-22(6)32(34(48)44-31(21(4)5)35(49)50)43-29(46)19-26(40)27(17-23-11-9-8-10-12-23)41-33(47)30(20(2)3)42-28(45)18-24-13-15-25(16-14-24)51-36(37,38)39/h8-16,20-22,26-27,30-32H,7,17-19,40H2,1-6H3,(H,41,47)(H,42,45)(H,43,46)(H,44,48)(H,49,50)/t22-,26-,27-,30-,31-,32-/m0/s1. The zero-order valence-electron chi connectivity index (χ0n) is 29.8. The summed E-state index contributed by atoms with van der Waals surface area (Å²) in [6, 6.07) is 8.95. The van der Waals surface area contributed by atoms with E-state index in [0.29, 0.717) is 12.0 Å². The molecule has 0 saturated heterocycles. The molecule has 282 valence electrons. The van der Waals surface area contributed by atoms with Gasteiger partial charge >= 0.3 is 12.3 Å². The molecule has 0 fully saturated rings. The third kappa shape index (κ3) is 14.6. The van der Waals surface area contributed by atoms with E-state index in [0.717, 1.165) is 17.7 Å². The number of nitrogens with one attached hydrogen (secondary N) is 4. The number of hydrogen-bond acceptors (Lipinski definition) is 7. The summed E-state index contributed by atoms with van der Waals surface area (Å²) >= 11 is 0. The van der Waals surface area contributed by atoms with Crippen molar-refractivity contribution >= 4 is 29.6 Å². The number of carbonyl (C=O) groups excluding carboxylic acids is 4. The highest BCUT2D eigenvalue weighted by molar-refractivity contribution is 5.91. The Balaban J connectivity index is 2.19. The van der Waals surface area contributed by atoms with Gasteiger partial charge in [-0.15, -0.1) is 13.2 Å². The molecule has 4 amide bonds. The van der Waals surface area contributed by atoms with Crippen LogP contribution in [0.15, 0.2) is 54.6 Å². The third-order valence-electron chi connectivity index (χ3n) is 8.39. The van der Waals surface area contributed by atoms with Gasteiger partial charge in [-0.25, -0.2) is 4.79 Å². The molecule has 12 nitrogen and oxygen atoms in total. The van der Waals surface area contributed by atoms with Crippen molar-refractivity contribution in [3.8, 4) is 5.75 Å². The molecule has 2 rings (SSSR count). The first-order chi connectivity index (χ1) is 23.8. The Morgan fingerprint density at radius 1 is 0.745 bits per heavy atom. The molecule has 0 saturated carbocycles. The minimum absolute atomic E-state index is 0.217. The van der Waals surface area contributed by atoms with E-state index >= 15 is 0 Å². The molecule has 0 aromatic heterocycles. The van der Waals surface area contributed by atoms with E-state index in [9.17, 15) is 42.3 Å². The number of amides is 4. The highest BCUT2D eigenvalue weighted by atomic mass is 19.4. The highest BCUT2D eigenvalue weighted by Gasteiger charge is 2.34. The molecule has 0 radical (unpaired) electrons. The van der Waals surface area contributed by atoms with Crippen molar-refractivity contribution in [1.29, 1.82) is 0 Å². The summed E-state index contributed by atoms with van der Waals surface area (Å²) < 4.78 is 41.3. The molecule has 7 N–H and O–H groups in total. The number of hydrogen-bond donors (Lipinski definition) is 6. The number of benzene rings is 2. The Labute approximate surface area is 296 Å². The van der Waals surface area contributed by atoms with E-state index in [1.54, 1.807) is 34.6 Å². The summed E-state index contributed by atoms with van der Waals surface area (Å²) in [7, 11) is 0. The van der Waals surface area contributed by atoms with Crippen LogP contribution in [0.2, 0.25) is 0 Å². The fraction of sp³-hybridized carbons (Fsp3) is 0.528. The van der Waals surface area contributed by atoms with E-state index in [4.69, 9.17) is 5.73 Å². The highest BCUT2D eigenvalue weighted by Crippen LogP contribution is 2.23. The summed E-state index contributed by atoms with van der Waals surface area (Å²) in [6.07, 6.45) is -4.62. The van der Waals surface area contributed by atoms with E-state index < -0.39 is 77.8 Å². The lowest BCUT2D eigenvalue weighted by molar-refractivity contribution is -0.274. The normalized spacial score (nSPS) is 15.1. The number of alkyl halides is 3. The zero-order chi connectivity index (χ0) is 38.5. The average Bonchev–Trinajstić information content (AvgIpc) is 3.04. The van der Waals surface area contributed by atoms with Crippen molar-refractivity contribution < 1.29 is 47.0 Å². The maximum absolute atomic E-state index is 13.6. The molecule has 2 aromatic rings. The Hall–Kier alpha value is -4.66. The fourth-order valence-corrected chi connectivity index (χ4v) is 5.25. The van der Waals surface area contributed by atoms with Crippen molar-refractivity contribution in [2.75, 3.05) is 0 Å². The lowest BCUT2D eigenvalue weighted by Gasteiger charge is -2.30. The van der Waals surface area contributed by atoms with Crippen LogP contribution in [-0.2, 0) is 36.8 Å². The lowest BCUT2D eigenvalue weighted by Crippen LogP contribution is -2.58. The van der Waals surface area contributed by atoms with Crippen LogP contribution in [0.3, 0.4) is 0 Å². The van der Waals surface area contributed by atoms with Gasteiger partial charge in [-0.1, -0.05) is 90.4 Å². The van der Waals surface area contributed by atoms with Crippen LogP contribution in [0.4, 0.5) is 13.2 Å². The summed E-state index contributed by atoms with van der Waals surface area (Å²) in [4.78, 5) is 64.7. The van der Waals surface area contributed by atoms with E-state index in [-0.39, 0.29) is 31.1 Å². The minimum atomic E-state index is -4.85. The van der Waals surface area contributed by atoms with Crippen molar-refractivity contribution in [2.45, 2.75) is 104 Å². The number of carboxylic acid groups (broad SMARTS) is 1. The van der Waals surface area contributed by atoms with Crippen LogP contribution in [0.1, 0.15) is 65.5 Å². The van der Waals surface area contributed by atoms with E-state index in [2.05, 4.69) is 26.0 Å².